The Labute approximate surface area is 169 Å². The Balaban J connectivity index is 1.58. The van der Waals surface area contributed by atoms with Crippen molar-refractivity contribution in [3.63, 3.8) is 0 Å². The van der Waals surface area contributed by atoms with Crippen molar-refractivity contribution in [2.45, 2.75) is 0 Å². The van der Waals surface area contributed by atoms with Crippen molar-refractivity contribution in [3.05, 3.63) is 94.1 Å². The maximum Gasteiger partial charge on any atom is 0.282 e. The summed E-state index contributed by atoms with van der Waals surface area (Å²) in [5, 5.41) is 16.7. The Morgan fingerprint density at radius 1 is 1.00 bits per heavy atom. The minimum absolute atomic E-state index is 0.0107. The van der Waals surface area contributed by atoms with E-state index >= 15 is 0 Å². The molecule has 0 fully saturated rings. The average Bonchev–Trinajstić information content (AvgIpc) is 3.25. The summed E-state index contributed by atoms with van der Waals surface area (Å²) in [4.78, 5) is 31.8. The highest BCUT2D eigenvalue weighted by atomic mass is 32.1. The number of aromatic nitrogens is 2. The number of pyridine rings is 1. The molecule has 0 atom stereocenters. The van der Waals surface area contributed by atoms with Gasteiger partial charge in [0.2, 0.25) is 0 Å². The third-order valence-corrected chi connectivity index (χ3v) is 5.08. The number of hydrogen-bond donors (Lipinski definition) is 1. The number of nitro benzene ring substituents is 1. The van der Waals surface area contributed by atoms with E-state index in [0.29, 0.717) is 5.69 Å². The number of amides is 1. The number of thiazole rings is 1. The minimum Gasteiger partial charge on any atom is -0.322 e. The zero-order valence-corrected chi connectivity index (χ0v) is 15.8. The molecular formula is C21H14N4O3S. The summed E-state index contributed by atoms with van der Waals surface area (Å²) in [5.41, 5.74) is 2.91. The van der Waals surface area contributed by atoms with Crippen molar-refractivity contribution >= 4 is 28.6 Å². The van der Waals surface area contributed by atoms with E-state index in [1.54, 1.807) is 36.7 Å². The molecule has 0 aliphatic heterocycles. The lowest BCUT2D eigenvalue weighted by atomic mass is 10.1. The predicted octanol–water partition coefficient (Wildman–Crippen LogP) is 5.03. The largest absolute Gasteiger partial charge is 0.322 e. The van der Waals surface area contributed by atoms with Crippen LogP contribution in [0.3, 0.4) is 0 Å². The van der Waals surface area contributed by atoms with Crippen LogP contribution in [0.25, 0.3) is 21.8 Å². The molecule has 0 aliphatic carbocycles. The van der Waals surface area contributed by atoms with Gasteiger partial charge in [0.1, 0.15) is 10.6 Å². The number of nitrogens with one attached hydrogen (secondary N) is 1. The highest BCUT2D eigenvalue weighted by Gasteiger charge is 2.19. The number of nitro groups is 1. The molecule has 8 heteroatoms. The van der Waals surface area contributed by atoms with Crippen LogP contribution in [0.15, 0.2) is 78.4 Å². The number of nitrogens with zero attached hydrogens (tertiary/aromatic N) is 3. The monoisotopic (exact) mass is 402 g/mol. The van der Waals surface area contributed by atoms with Crippen molar-refractivity contribution in [3.8, 4) is 21.8 Å². The smallest absolute Gasteiger partial charge is 0.282 e. The summed E-state index contributed by atoms with van der Waals surface area (Å²) < 4.78 is 0. The quantitative estimate of drug-likeness (QED) is 0.373. The molecule has 1 amide bonds. The molecule has 142 valence electrons. The van der Waals surface area contributed by atoms with Gasteiger partial charge in [0.05, 0.1) is 10.6 Å². The van der Waals surface area contributed by atoms with E-state index in [1.807, 2.05) is 23.6 Å². The Bertz CT molecular complexity index is 1190. The Kier molecular flexibility index (Phi) is 5.08. The molecule has 2 aromatic carbocycles. The zero-order valence-electron chi connectivity index (χ0n) is 15.0. The van der Waals surface area contributed by atoms with E-state index in [9.17, 15) is 14.9 Å². The number of anilines is 1. The normalized spacial score (nSPS) is 10.5. The summed E-state index contributed by atoms with van der Waals surface area (Å²) >= 11 is 1.52. The second kappa shape index (κ2) is 7.99. The first kappa shape index (κ1) is 18.5. The van der Waals surface area contributed by atoms with Gasteiger partial charge in [-0.1, -0.05) is 24.3 Å². The van der Waals surface area contributed by atoms with Crippen LogP contribution in [0.1, 0.15) is 10.4 Å². The fourth-order valence-electron chi connectivity index (χ4n) is 2.81. The van der Waals surface area contributed by atoms with E-state index in [1.165, 1.54) is 29.5 Å². The number of benzene rings is 2. The third-order valence-electron chi connectivity index (χ3n) is 4.19. The lowest BCUT2D eigenvalue weighted by Crippen LogP contribution is -2.13. The highest BCUT2D eigenvalue weighted by Crippen LogP contribution is 2.30. The maximum atomic E-state index is 12.5. The molecule has 0 bridgehead atoms. The number of carbonyl (C=O) groups excluding carboxylic acids is 1. The van der Waals surface area contributed by atoms with Gasteiger partial charge in [-0.3, -0.25) is 19.9 Å². The average molecular weight is 402 g/mol. The molecule has 0 saturated heterocycles. The molecule has 0 spiro atoms. The lowest BCUT2D eigenvalue weighted by Gasteiger charge is -2.07. The Morgan fingerprint density at radius 2 is 1.79 bits per heavy atom. The molecule has 0 aliphatic rings. The second-order valence-electron chi connectivity index (χ2n) is 6.08. The summed E-state index contributed by atoms with van der Waals surface area (Å²) in [6.45, 7) is 0. The summed E-state index contributed by atoms with van der Waals surface area (Å²) in [5.74, 6) is -0.537. The molecule has 0 saturated carbocycles. The summed E-state index contributed by atoms with van der Waals surface area (Å²) in [7, 11) is 0. The van der Waals surface area contributed by atoms with Crippen molar-refractivity contribution in [1.29, 1.82) is 0 Å². The molecule has 2 aromatic heterocycles. The van der Waals surface area contributed by atoms with E-state index in [2.05, 4.69) is 15.3 Å². The van der Waals surface area contributed by atoms with Gasteiger partial charge in [0.15, 0.2) is 0 Å². The van der Waals surface area contributed by atoms with Crippen LogP contribution < -0.4 is 5.32 Å². The number of carbonyl (C=O) groups is 1. The molecular weight excluding hydrogens is 388 g/mol. The van der Waals surface area contributed by atoms with Crippen LogP contribution in [0, 0.1) is 10.1 Å². The topological polar surface area (TPSA) is 98.0 Å². The molecule has 2 heterocycles. The van der Waals surface area contributed by atoms with Gasteiger partial charge < -0.3 is 5.32 Å². The molecule has 0 radical (unpaired) electrons. The van der Waals surface area contributed by atoms with Gasteiger partial charge in [0.25, 0.3) is 11.6 Å². The summed E-state index contributed by atoms with van der Waals surface area (Å²) in [6.07, 6.45) is 3.44. The second-order valence-corrected chi connectivity index (χ2v) is 6.94. The van der Waals surface area contributed by atoms with Gasteiger partial charge in [0, 0.05) is 40.7 Å². The first-order chi connectivity index (χ1) is 14.1. The third kappa shape index (κ3) is 4.02. The highest BCUT2D eigenvalue weighted by molar-refractivity contribution is 7.13. The Morgan fingerprint density at radius 3 is 2.59 bits per heavy atom. The predicted molar refractivity (Wildman–Crippen MR) is 112 cm³/mol. The van der Waals surface area contributed by atoms with E-state index in [-0.39, 0.29) is 11.3 Å². The molecule has 4 rings (SSSR count). The van der Waals surface area contributed by atoms with Crippen molar-refractivity contribution in [2.75, 3.05) is 5.32 Å². The molecule has 0 unspecified atom stereocenters. The van der Waals surface area contributed by atoms with E-state index in [4.69, 9.17) is 0 Å². The SMILES string of the molecule is O=C(Nc1cccc(-c2csc(-c3ccncc3)n2)c1)c1ccccc1[N+](=O)[O-]. The molecule has 29 heavy (non-hydrogen) atoms. The van der Waals surface area contributed by atoms with Gasteiger partial charge in [-0.2, -0.15) is 0 Å². The van der Waals surface area contributed by atoms with Crippen LogP contribution in [0.5, 0.6) is 0 Å². The Hall–Kier alpha value is -3.91. The zero-order chi connectivity index (χ0) is 20.2. The van der Waals surface area contributed by atoms with Gasteiger partial charge >= 0.3 is 0 Å². The number of para-hydroxylation sites is 1. The van der Waals surface area contributed by atoms with E-state index in [0.717, 1.165) is 21.8 Å². The van der Waals surface area contributed by atoms with Crippen LogP contribution >= 0.6 is 11.3 Å². The first-order valence-corrected chi connectivity index (χ1v) is 9.51. The standard InChI is InChI=1S/C21H14N4O3S/c26-20(17-6-1-2-7-19(17)25(27)28)23-16-5-3-4-15(12-16)18-13-29-21(24-18)14-8-10-22-11-9-14/h1-13H,(H,23,26). The molecule has 7 nitrogen and oxygen atoms in total. The van der Waals surface area contributed by atoms with E-state index < -0.39 is 10.8 Å². The number of rotatable bonds is 5. The van der Waals surface area contributed by atoms with Crippen molar-refractivity contribution in [2.24, 2.45) is 0 Å². The first-order valence-electron chi connectivity index (χ1n) is 8.63. The number of hydrogen-bond acceptors (Lipinski definition) is 6. The van der Waals surface area contributed by atoms with Crippen LogP contribution in [0.2, 0.25) is 0 Å². The lowest BCUT2D eigenvalue weighted by molar-refractivity contribution is -0.385. The van der Waals surface area contributed by atoms with Gasteiger partial charge in [-0.15, -0.1) is 11.3 Å². The van der Waals surface area contributed by atoms with Crippen LogP contribution in [-0.4, -0.2) is 20.8 Å². The van der Waals surface area contributed by atoms with Gasteiger partial charge in [-0.25, -0.2) is 4.98 Å². The van der Waals surface area contributed by atoms with Crippen molar-refractivity contribution in [1.82, 2.24) is 9.97 Å². The van der Waals surface area contributed by atoms with Gasteiger partial charge in [-0.05, 0) is 30.3 Å². The fourth-order valence-corrected chi connectivity index (χ4v) is 3.65. The molecule has 4 aromatic rings. The minimum atomic E-state index is -0.568. The fraction of sp³-hybridized carbons (Fsp3) is 0. The maximum absolute atomic E-state index is 12.5. The summed E-state index contributed by atoms with van der Waals surface area (Å²) in [6, 6.07) is 16.9. The van der Waals surface area contributed by atoms with Crippen LogP contribution in [0.4, 0.5) is 11.4 Å². The van der Waals surface area contributed by atoms with Crippen molar-refractivity contribution < 1.29 is 9.72 Å². The molecule has 1 N–H and O–H groups in total. The van der Waals surface area contributed by atoms with Crippen LogP contribution in [-0.2, 0) is 0 Å².